The first kappa shape index (κ1) is 20.8. The lowest BCUT2D eigenvalue weighted by atomic mass is 10.1. The number of nitrogens with zero attached hydrogens (tertiary/aromatic N) is 3. The lowest BCUT2D eigenvalue weighted by Gasteiger charge is -2.22. The zero-order chi connectivity index (χ0) is 21.2. The number of Topliss-reactive ketones (excluding diaryl/α,β-unsaturated/α-hetero) is 1. The average Bonchev–Trinajstić information content (AvgIpc) is 2.97. The lowest BCUT2D eigenvalue weighted by molar-refractivity contribution is -0.141. The Labute approximate surface area is 167 Å². The number of amides is 2. The summed E-state index contributed by atoms with van der Waals surface area (Å²) in [6.07, 6.45) is -1.98. The topological polar surface area (TPSA) is 53.5 Å². The summed E-state index contributed by atoms with van der Waals surface area (Å²) >= 11 is 0. The fourth-order valence-corrected chi connectivity index (χ4v) is 3.47. The van der Waals surface area contributed by atoms with Crippen LogP contribution in [0.4, 0.5) is 23.7 Å². The van der Waals surface area contributed by atoms with Gasteiger partial charge in [-0.2, -0.15) is 13.2 Å². The number of aromatic nitrogens is 1. The third-order valence-electron chi connectivity index (χ3n) is 4.94. The number of aryl methyl sites for hydroxylation is 1. The molecule has 154 valence electrons. The molecular weight excluding hydrogens is 383 g/mol. The Morgan fingerprint density at radius 1 is 1.24 bits per heavy atom. The molecular formula is C21H22F3N3O2. The lowest BCUT2D eigenvalue weighted by Crippen LogP contribution is -2.39. The van der Waals surface area contributed by atoms with Gasteiger partial charge in [-0.05, 0) is 31.5 Å². The Hall–Kier alpha value is -2.90. The van der Waals surface area contributed by atoms with Crippen LogP contribution in [0, 0.1) is 6.92 Å². The first-order valence-electron chi connectivity index (χ1n) is 9.42. The molecule has 29 heavy (non-hydrogen) atoms. The molecule has 0 bridgehead atoms. The molecule has 2 aromatic rings. The van der Waals surface area contributed by atoms with E-state index in [1.807, 2.05) is 19.9 Å². The van der Waals surface area contributed by atoms with Crippen molar-refractivity contribution in [2.75, 3.05) is 18.0 Å². The molecule has 0 aliphatic carbocycles. The van der Waals surface area contributed by atoms with Gasteiger partial charge >= 0.3 is 12.2 Å². The van der Waals surface area contributed by atoms with E-state index in [1.54, 1.807) is 18.2 Å². The van der Waals surface area contributed by atoms with Crippen molar-refractivity contribution < 1.29 is 22.8 Å². The van der Waals surface area contributed by atoms with Gasteiger partial charge in [0.15, 0.2) is 5.78 Å². The fourth-order valence-electron chi connectivity index (χ4n) is 3.47. The van der Waals surface area contributed by atoms with Crippen molar-refractivity contribution >= 4 is 17.5 Å². The van der Waals surface area contributed by atoms with Crippen molar-refractivity contribution in [1.29, 1.82) is 0 Å². The summed E-state index contributed by atoms with van der Waals surface area (Å²) in [5.41, 5.74) is 0.757. The Balaban J connectivity index is 1.80. The van der Waals surface area contributed by atoms with Crippen molar-refractivity contribution in [3.05, 3.63) is 59.4 Å². The summed E-state index contributed by atoms with van der Waals surface area (Å²) in [5, 5.41) is 0. The van der Waals surface area contributed by atoms with Gasteiger partial charge in [0.2, 0.25) is 0 Å². The van der Waals surface area contributed by atoms with Crippen LogP contribution >= 0.6 is 0 Å². The van der Waals surface area contributed by atoms with Crippen LogP contribution in [0.5, 0.6) is 0 Å². The Morgan fingerprint density at radius 3 is 2.59 bits per heavy atom. The SMILES string of the molecule is CCC[C@H]1CN(c2ccc(C(F)(F)F)nc2)C(=O)N1CC(=O)c1cccc(C)c1. The molecule has 8 heteroatoms. The van der Waals surface area contributed by atoms with Gasteiger partial charge in [0, 0.05) is 12.1 Å². The number of ketones is 1. The zero-order valence-electron chi connectivity index (χ0n) is 16.2. The molecule has 0 radical (unpaired) electrons. The molecule has 0 unspecified atom stereocenters. The maximum Gasteiger partial charge on any atom is 0.433 e. The molecule has 0 spiro atoms. The molecule has 0 saturated carbocycles. The number of benzene rings is 1. The van der Waals surface area contributed by atoms with Crippen LogP contribution in [0.25, 0.3) is 0 Å². The number of alkyl halides is 3. The highest BCUT2D eigenvalue weighted by atomic mass is 19.4. The van der Waals surface area contributed by atoms with Gasteiger partial charge in [0.05, 0.1) is 24.5 Å². The molecule has 1 aliphatic heterocycles. The van der Waals surface area contributed by atoms with Crippen LogP contribution in [0.3, 0.4) is 0 Å². The van der Waals surface area contributed by atoms with E-state index in [1.165, 1.54) is 15.9 Å². The number of urea groups is 1. The van der Waals surface area contributed by atoms with Crippen molar-refractivity contribution in [3.63, 3.8) is 0 Å². The number of hydrogen-bond donors (Lipinski definition) is 0. The minimum atomic E-state index is -4.54. The maximum absolute atomic E-state index is 13.0. The third-order valence-corrected chi connectivity index (χ3v) is 4.94. The highest BCUT2D eigenvalue weighted by Gasteiger charge is 2.39. The number of pyridine rings is 1. The van der Waals surface area contributed by atoms with Crippen molar-refractivity contribution in [2.24, 2.45) is 0 Å². The van der Waals surface area contributed by atoms with E-state index in [4.69, 9.17) is 0 Å². The standard InChI is InChI=1S/C21H22F3N3O2/c1-3-5-17-12-26(16-8-9-19(25-11-16)21(22,23)24)20(29)27(17)13-18(28)15-7-4-6-14(2)10-15/h4,6-11,17H,3,5,12-13H2,1-2H3/t17-/m0/s1. The average molecular weight is 405 g/mol. The van der Waals surface area contributed by atoms with Gasteiger partial charge in [0.25, 0.3) is 0 Å². The number of rotatable bonds is 6. The molecule has 2 heterocycles. The van der Waals surface area contributed by atoms with Gasteiger partial charge in [-0.1, -0.05) is 37.1 Å². The number of anilines is 1. The zero-order valence-corrected chi connectivity index (χ0v) is 16.2. The molecule has 0 N–H and O–H groups in total. The molecule has 1 atom stereocenters. The van der Waals surface area contributed by atoms with Crippen molar-refractivity contribution in [3.8, 4) is 0 Å². The first-order valence-corrected chi connectivity index (χ1v) is 9.42. The van der Waals surface area contributed by atoms with E-state index in [-0.39, 0.29) is 24.1 Å². The van der Waals surface area contributed by atoms with Crippen LogP contribution in [0.1, 0.15) is 41.4 Å². The first-order chi connectivity index (χ1) is 13.7. The molecule has 5 nitrogen and oxygen atoms in total. The fraction of sp³-hybridized carbons (Fsp3) is 0.381. The highest BCUT2D eigenvalue weighted by molar-refractivity contribution is 6.02. The summed E-state index contributed by atoms with van der Waals surface area (Å²) in [6, 6.07) is 8.67. The summed E-state index contributed by atoms with van der Waals surface area (Å²) in [7, 11) is 0. The Kier molecular flexibility index (Phi) is 5.91. The highest BCUT2D eigenvalue weighted by Crippen LogP contribution is 2.30. The molecule has 1 aliphatic rings. The van der Waals surface area contributed by atoms with Crippen LogP contribution in [0.15, 0.2) is 42.6 Å². The molecule has 3 rings (SSSR count). The van der Waals surface area contributed by atoms with E-state index in [0.29, 0.717) is 18.5 Å². The molecule has 1 fully saturated rings. The molecule has 1 aromatic heterocycles. The van der Waals surface area contributed by atoms with E-state index >= 15 is 0 Å². The predicted molar refractivity (Wildman–Crippen MR) is 103 cm³/mol. The monoisotopic (exact) mass is 405 g/mol. The minimum Gasteiger partial charge on any atom is -0.312 e. The minimum absolute atomic E-state index is 0.0719. The van der Waals surface area contributed by atoms with E-state index in [2.05, 4.69) is 4.98 Å². The maximum atomic E-state index is 13.0. The number of carbonyl (C=O) groups is 2. The van der Waals surface area contributed by atoms with Crippen LogP contribution < -0.4 is 4.90 Å². The Morgan fingerprint density at radius 2 is 2.00 bits per heavy atom. The normalized spacial score (nSPS) is 17.1. The van der Waals surface area contributed by atoms with E-state index in [9.17, 15) is 22.8 Å². The summed E-state index contributed by atoms with van der Waals surface area (Å²) in [6.45, 7) is 4.10. The van der Waals surface area contributed by atoms with E-state index in [0.717, 1.165) is 24.2 Å². The second kappa shape index (κ2) is 8.23. The summed E-state index contributed by atoms with van der Waals surface area (Å²) in [4.78, 5) is 32.0. The van der Waals surface area contributed by atoms with Gasteiger partial charge in [-0.15, -0.1) is 0 Å². The molecule has 1 aromatic carbocycles. The summed E-state index contributed by atoms with van der Waals surface area (Å²) in [5.74, 6) is -0.171. The quantitative estimate of drug-likeness (QED) is 0.655. The Bertz CT molecular complexity index is 897. The largest absolute Gasteiger partial charge is 0.433 e. The third kappa shape index (κ3) is 4.58. The molecule has 2 amide bonds. The molecule has 1 saturated heterocycles. The number of hydrogen-bond acceptors (Lipinski definition) is 3. The van der Waals surface area contributed by atoms with Crippen LogP contribution in [0.2, 0.25) is 0 Å². The van der Waals surface area contributed by atoms with Crippen LogP contribution in [-0.4, -0.2) is 40.8 Å². The van der Waals surface area contributed by atoms with Gasteiger partial charge < -0.3 is 4.90 Å². The van der Waals surface area contributed by atoms with Gasteiger partial charge in [0.1, 0.15) is 5.69 Å². The smallest absolute Gasteiger partial charge is 0.312 e. The van der Waals surface area contributed by atoms with Crippen LogP contribution in [-0.2, 0) is 6.18 Å². The number of halogens is 3. The summed E-state index contributed by atoms with van der Waals surface area (Å²) < 4.78 is 38.2. The van der Waals surface area contributed by atoms with Crippen molar-refractivity contribution in [1.82, 2.24) is 9.88 Å². The van der Waals surface area contributed by atoms with Crippen molar-refractivity contribution in [2.45, 2.75) is 38.9 Å². The second-order valence-electron chi connectivity index (χ2n) is 7.16. The van der Waals surface area contributed by atoms with Gasteiger partial charge in [-0.3, -0.25) is 9.69 Å². The number of carbonyl (C=O) groups excluding carboxylic acids is 2. The van der Waals surface area contributed by atoms with E-state index < -0.39 is 17.9 Å². The second-order valence-corrected chi connectivity index (χ2v) is 7.16. The predicted octanol–water partition coefficient (Wildman–Crippen LogP) is 4.70. The van der Waals surface area contributed by atoms with Gasteiger partial charge in [-0.25, -0.2) is 9.78 Å².